The van der Waals surface area contributed by atoms with E-state index in [1.807, 2.05) is 0 Å². The Balaban J connectivity index is 2.22. The summed E-state index contributed by atoms with van der Waals surface area (Å²) in [5.41, 5.74) is 6.82. The minimum Gasteiger partial charge on any atom is -0.452 e. The summed E-state index contributed by atoms with van der Waals surface area (Å²) >= 11 is 0. The van der Waals surface area contributed by atoms with Crippen molar-refractivity contribution < 1.29 is 9.30 Å². The summed E-state index contributed by atoms with van der Waals surface area (Å²) in [7, 11) is -0.505. The molecular formula is C9H11N5O2P+. The molecule has 0 radical (unpaired) electrons. The van der Waals surface area contributed by atoms with E-state index >= 15 is 0 Å². The molecule has 2 aromatic heterocycles. The van der Waals surface area contributed by atoms with Crippen LogP contribution in [0.5, 0.6) is 0 Å². The Morgan fingerprint density at radius 1 is 1.53 bits per heavy atom. The first kappa shape index (κ1) is 11.5. The maximum atomic E-state index is 10.3. The third-order valence-electron chi connectivity index (χ3n) is 2.11. The molecule has 88 valence electrons. The standard InChI is InChI=1S/C9H10N5O2P/c1-6(16-5-17-15)2-14-4-13-7-8(10)11-3-12-9(7)14/h3-4H,1-2,5H2,(H2,10,11,12)/p+1. The summed E-state index contributed by atoms with van der Waals surface area (Å²) in [5.74, 6) is 0.825. The number of ether oxygens (including phenoxy) is 1. The van der Waals surface area contributed by atoms with E-state index in [4.69, 9.17) is 10.5 Å². The molecular weight excluding hydrogens is 241 g/mol. The number of rotatable bonds is 5. The molecule has 0 saturated heterocycles. The van der Waals surface area contributed by atoms with Crippen LogP contribution in [0.1, 0.15) is 0 Å². The zero-order valence-electron chi connectivity index (χ0n) is 8.96. The second-order valence-electron chi connectivity index (χ2n) is 3.28. The molecule has 17 heavy (non-hydrogen) atoms. The zero-order chi connectivity index (χ0) is 12.3. The predicted molar refractivity (Wildman–Crippen MR) is 63.8 cm³/mol. The average Bonchev–Trinajstić information content (AvgIpc) is 2.71. The van der Waals surface area contributed by atoms with E-state index < -0.39 is 8.46 Å². The molecule has 0 amide bonds. The van der Waals surface area contributed by atoms with Crippen molar-refractivity contribution in [2.45, 2.75) is 6.54 Å². The van der Waals surface area contributed by atoms with Crippen LogP contribution in [0.15, 0.2) is 25.0 Å². The molecule has 1 atom stereocenters. The minimum absolute atomic E-state index is 0.141. The first-order valence-corrected chi connectivity index (χ1v) is 5.91. The number of nitrogen functional groups attached to an aromatic ring is 1. The molecule has 2 heterocycles. The van der Waals surface area contributed by atoms with Crippen LogP contribution in [0.3, 0.4) is 0 Å². The van der Waals surface area contributed by atoms with Crippen LogP contribution in [0.2, 0.25) is 0 Å². The Morgan fingerprint density at radius 2 is 2.35 bits per heavy atom. The number of hydrogen-bond donors (Lipinski definition) is 1. The molecule has 0 aliphatic carbocycles. The van der Waals surface area contributed by atoms with Crippen molar-refractivity contribution in [1.29, 1.82) is 0 Å². The molecule has 0 aliphatic rings. The van der Waals surface area contributed by atoms with Gasteiger partial charge < -0.3 is 15.0 Å². The predicted octanol–water partition coefficient (Wildman–Crippen LogP) is 0.920. The number of allylic oxidation sites excluding steroid dienone is 1. The van der Waals surface area contributed by atoms with Gasteiger partial charge in [-0.05, 0) is 0 Å². The van der Waals surface area contributed by atoms with Crippen molar-refractivity contribution in [3.05, 3.63) is 25.0 Å². The number of nitrogens with zero attached hydrogens (tertiary/aromatic N) is 4. The van der Waals surface area contributed by atoms with Crippen molar-refractivity contribution in [2.24, 2.45) is 0 Å². The van der Waals surface area contributed by atoms with Crippen molar-refractivity contribution in [3.8, 4) is 0 Å². The molecule has 2 rings (SSSR count). The maximum absolute atomic E-state index is 10.3. The second-order valence-corrected chi connectivity index (χ2v) is 3.85. The van der Waals surface area contributed by atoms with Gasteiger partial charge in [0.15, 0.2) is 11.5 Å². The van der Waals surface area contributed by atoms with Crippen LogP contribution < -0.4 is 5.73 Å². The van der Waals surface area contributed by atoms with Crippen LogP contribution in [0, 0.1) is 0 Å². The first-order chi connectivity index (χ1) is 8.22. The second kappa shape index (κ2) is 4.88. The molecule has 0 aromatic carbocycles. The molecule has 0 spiro atoms. The molecule has 0 fully saturated rings. The lowest BCUT2D eigenvalue weighted by atomic mass is 10.5. The molecule has 2 N–H and O–H groups in total. The average molecular weight is 252 g/mol. The summed E-state index contributed by atoms with van der Waals surface area (Å²) < 4.78 is 17.2. The fourth-order valence-electron chi connectivity index (χ4n) is 1.38. The number of aromatic nitrogens is 4. The molecule has 0 bridgehead atoms. The van der Waals surface area contributed by atoms with Gasteiger partial charge in [-0.25, -0.2) is 15.0 Å². The third kappa shape index (κ3) is 2.39. The topological polar surface area (TPSA) is 95.9 Å². The molecule has 0 saturated carbocycles. The quantitative estimate of drug-likeness (QED) is 0.627. The van der Waals surface area contributed by atoms with Gasteiger partial charge in [0.25, 0.3) is 6.35 Å². The molecule has 7 nitrogen and oxygen atoms in total. The van der Waals surface area contributed by atoms with E-state index in [-0.39, 0.29) is 6.35 Å². The molecule has 2 aromatic rings. The van der Waals surface area contributed by atoms with Crippen molar-refractivity contribution in [3.63, 3.8) is 0 Å². The van der Waals surface area contributed by atoms with Crippen molar-refractivity contribution >= 4 is 25.4 Å². The van der Waals surface area contributed by atoms with Gasteiger partial charge in [0.2, 0.25) is 0 Å². The van der Waals surface area contributed by atoms with E-state index in [0.717, 1.165) is 0 Å². The zero-order valence-corrected chi connectivity index (χ0v) is 9.96. The normalized spacial score (nSPS) is 10.8. The van der Waals surface area contributed by atoms with Crippen LogP contribution in [0.25, 0.3) is 11.2 Å². The Morgan fingerprint density at radius 3 is 3.12 bits per heavy atom. The Hall–Kier alpha value is -2.01. The van der Waals surface area contributed by atoms with E-state index in [1.165, 1.54) is 6.33 Å². The number of hydrogen-bond acceptors (Lipinski definition) is 6. The van der Waals surface area contributed by atoms with Crippen molar-refractivity contribution in [2.75, 3.05) is 12.1 Å². The minimum atomic E-state index is -0.505. The maximum Gasteiger partial charge on any atom is 0.365 e. The molecule has 8 heteroatoms. The molecule has 1 unspecified atom stereocenters. The van der Waals surface area contributed by atoms with Gasteiger partial charge in [-0.1, -0.05) is 11.1 Å². The van der Waals surface area contributed by atoms with Gasteiger partial charge in [0.1, 0.15) is 17.6 Å². The van der Waals surface area contributed by atoms with Gasteiger partial charge in [-0.3, -0.25) is 0 Å². The highest BCUT2D eigenvalue weighted by Gasteiger charge is 2.09. The fraction of sp³-hybridized carbons (Fsp3) is 0.222. The van der Waals surface area contributed by atoms with E-state index in [1.54, 1.807) is 10.9 Å². The summed E-state index contributed by atoms with van der Waals surface area (Å²) in [5, 5.41) is 0. The SMILES string of the molecule is C=C(Cn1cnc2c(N)ncnc21)OC[PH+]=O. The van der Waals surface area contributed by atoms with Crippen LogP contribution in [-0.4, -0.2) is 25.9 Å². The summed E-state index contributed by atoms with van der Waals surface area (Å²) in [6, 6.07) is 0. The lowest BCUT2D eigenvalue weighted by Gasteiger charge is -2.05. The Labute approximate surface area is 98.5 Å². The number of fused-ring (bicyclic) bond motifs is 1. The summed E-state index contributed by atoms with van der Waals surface area (Å²) in [4.78, 5) is 12.0. The smallest absolute Gasteiger partial charge is 0.365 e. The third-order valence-corrected chi connectivity index (χ3v) is 2.37. The van der Waals surface area contributed by atoms with E-state index in [2.05, 4.69) is 21.5 Å². The van der Waals surface area contributed by atoms with Crippen LogP contribution in [-0.2, 0) is 15.8 Å². The highest BCUT2D eigenvalue weighted by molar-refractivity contribution is 7.23. The number of nitrogens with two attached hydrogens (primary N) is 1. The van der Waals surface area contributed by atoms with Crippen molar-refractivity contribution in [1.82, 2.24) is 19.5 Å². The Bertz CT molecular complexity index is 568. The summed E-state index contributed by atoms with van der Waals surface area (Å²) in [6.45, 7) is 4.10. The Kier molecular flexibility index (Phi) is 3.30. The highest BCUT2D eigenvalue weighted by atomic mass is 31.1. The lowest BCUT2D eigenvalue weighted by molar-refractivity contribution is 0.251. The van der Waals surface area contributed by atoms with Gasteiger partial charge in [-0.2, -0.15) is 0 Å². The van der Waals surface area contributed by atoms with Crippen LogP contribution in [0.4, 0.5) is 5.82 Å². The van der Waals surface area contributed by atoms with Gasteiger partial charge in [0.05, 0.1) is 12.9 Å². The first-order valence-electron chi connectivity index (χ1n) is 4.79. The van der Waals surface area contributed by atoms with Gasteiger partial charge in [0, 0.05) is 0 Å². The largest absolute Gasteiger partial charge is 0.452 e. The summed E-state index contributed by atoms with van der Waals surface area (Å²) in [6.07, 6.45) is 3.10. The molecule has 0 aliphatic heterocycles. The monoisotopic (exact) mass is 252 g/mol. The number of anilines is 1. The lowest BCUT2D eigenvalue weighted by Crippen LogP contribution is -2.03. The van der Waals surface area contributed by atoms with Gasteiger partial charge >= 0.3 is 8.46 Å². The number of imidazole rings is 1. The van der Waals surface area contributed by atoms with E-state index in [0.29, 0.717) is 29.3 Å². The van der Waals surface area contributed by atoms with Gasteiger partial charge in [-0.15, -0.1) is 0 Å². The fourth-order valence-corrected chi connectivity index (χ4v) is 1.64. The van der Waals surface area contributed by atoms with Crippen LogP contribution >= 0.6 is 8.46 Å². The highest BCUT2D eigenvalue weighted by Crippen LogP contribution is 2.15. The van der Waals surface area contributed by atoms with E-state index in [9.17, 15) is 4.57 Å².